The van der Waals surface area contributed by atoms with E-state index in [0.717, 1.165) is 31.7 Å². The van der Waals surface area contributed by atoms with Gasteiger partial charge in [0.05, 0.1) is 6.20 Å². The van der Waals surface area contributed by atoms with Gasteiger partial charge in [-0.15, -0.1) is 0 Å². The van der Waals surface area contributed by atoms with E-state index in [0.29, 0.717) is 0 Å². The second-order valence-electron chi connectivity index (χ2n) is 4.04. The van der Waals surface area contributed by atoms with Crippen molar-refractivity contribution in [3.8, 4) is 0 Å². The molecule has 0 unspecified atom stereocenters. The van der Waals surface area contributed by atoms with Crippen LogP contribution in [0.15, 0.2) is 12.4 Å². The molecule has 1 aliphatic rings. The minimum Gasteiger partial charge on any atom is -0.320 e. The minimum absolute atomic E-state index is 0.0174. The largest absolute Gasteiger partial charge is 0.344 e. The van der Waals surface area contributed by atoms with Gasteiger partial charge in [0.25, 0.3) is 0 Å². The van der Waals surface area contributed by atoms with E-state index in [1.807, 2.05) is 11.8 Å². The standard InChI is InChI=1S/C10H16N4O/c1-9-7-11-14(8-9)10(15)13-5-3-12(2)4-6-13/h7-8H,3-6H2,1-2H3. The Bertz CT molecular complexity index is 352. The third kappa shape index (κ3) is 2.18. The Morgan fingerprint density at radius 2 is 2.00 bits per heavy atom. The third-order valence-corrected chi connectivity index (χ3v) is 2.68. The van der Waals surface area contributed by atoms with Crippen LogP contribution in [-0.2, 0) is 0 Å². The molecule has 1 aliphatic heterocycles. The van der Waals surface area contributed by atoms with Crippen LogP contribution in [0.1, 0.15) is 5.56 Å². The molecule has 0 radical (unpaired) electrons. The summed E-state index contributed by atoms with van der Waals surface area (Å²) in [5.41, 5.74) is 1.01. The van der Waals surface area contributed by atoms with Crippen molar-refractivity contribution < 1.29 is 4.79 Å². The van der Waals surface area contributed by atoms with Crippen LogP contribution in [0.5, 0.6) is 0 Å². The predicted molar refractivity (Wildman–Crippen MR) is 56.8 cm³/mol. The molecule has 2 rings (SSSR count). The molecular weight excluding hydrogens is 192 g/mol. The highest BCUT2D eigenvalue weighted by Crippen LogP contribution is 2.03. The van der Waals surface area contributed by atoms with Crippen LogP contribution < -0.4 is 0 Å². The zero-order valence-electron chi connectivity index (χ0n) is 9.18. The van der Waals surface area contributed by atoms with E-state index in [1.165, 1.54) is 4.68 Å². The number of carbonyl (C=O) groups excluding carboxylic acids is 1. The maximum Gasteiger partial charge on any atom is 0.344 e. The first kappa shape index (κ1) is 10.2. The molecule has 0 aliphatic carbocycles. The summed E-state index contributed by atoms with van der Waals surface area (Å²) in [6, 6.07) is -0.0174. The number of amides is 1. The number of hydrogen-bond acceptors (Lipinski definition) is 3. The molecule has 0 spiro atoms. The molecule has 0 aromatic carbocycles. The van der Waals surface area contributed by atoms with Crippen LogP contribution in [-0.4, -0.2) is 58.8 Å². The highest BCUT2D eigenvalue weighted by Gasteiger charge is 2.20. The highest BCUT2D eigenvalue weighted by atomic mass is 16.2. The summed E-state index contributed by atoms with van der Waals surface area (Å²) in [7, 11) is 2.07. The van der Waals surface area contributed by atoms with Crippen molar-refractivity contribution in [2.75, 3.05) is 33.2 Å². The number of aromatic nitrogens is 2. The van der Waals surface area contributed by atoms with E-state index < -0.39 is 0 Å². The lowest BCUT2D eigenvalue weighted by Gasteiger charge is -2.31. The molecule has 0 saturated carbocycles. The molecule has 1 amide bonds. The lowest BCUT2D eigenvalue weighted by Crippen LogP contribution is -2.48. The van der Waals surface area contributed by atoms with Gasteiger partial charge < -0.3 is 9.80 Å². The summed E-state index contributed by atoms with van der Waals surface area (Å²) < 4.78 is 1.42. The maximum atomic E-state index is 11.9. The summed E-state index contributed by atoms with van der Waals surface area (Å²) >= 11 is 0. The van der Waals surface area contributed by atoms with Gasteiger partial charge in [-0.1, -0.05) is 0 Å². The van der Waals surface area contributed by atoms with Gasteiger partial charge in [0, 0.05) is 32.4 Å². The molecule has 2 heterocycles. The molecule has 82 valence electrons. The number of likely N-dealkylation sites (N-methyl/N-ethyl adjacent to an activating group) is 1. The van der Waals surface area contributed by atoms with Gasteiger partial charge in [0.2, 0.25) is 0 Å². The van der Waals surface area contributed by atoms with Crippen molar-refractivity contribution in [2.45, 2.75) is 6.92 Å². The van der Waals surface area contributed by atoms with Crippen molar-refractivity contribution >= 4 is 6.03 Å². The van der Waals surface area contributed by atoms with Crippen LogP contribution in [0.2, 0.25) is 0 Å². The van der Waals surface area contributed by atoms with Crippen molar-refractivity contribution in [3.05, 3.63) is 18.0 Å². The summed E-state index contributed by atoms with van der Waals surface area (Å²) in [6.07, 6.45) is 3.47. The number of piperazine rings is 1. The first-order valence-corrected chi connectivity index (χ1v) is 5.16. The van der Waals surface area contributed by atoms with Crippen LogP contribution in [0.3, 0.4) is 0 Å². The lowest BCUT2D eigenvalue weighted by molar-refractivity contribution is 0.153. The first-order chi connectivity index (χ1) is 7.16. The van der Waals surface area contributed by atoms with Gasteiger partial charge in [-0.3, -0.25) is 0 Å². The minimum atomic E-state index is -0.0174. The van der Waals surface area contributed by atoms with E-state index in [-0.39, 0.29) is 6.03 Å². The van der Waals surface area contributed by atoms with Gasteiger partial charge >= 0.3 is 6.03 Å². The highest BCUT2D eigenvalue weighted by molar-refractivity contribution is 5.76. The Labute approximate surface area is 89.3 Å². The maximum absolute atomic E-state index is 11.9. The lowest BCUT2D eigenvalue weighted by atomic mass is 10.3. The van der Waals surface area contributed by atoms with Crippen molar-refractivity contribution in [1.29, 1.82) is 0 Å². The number of nitrogens with zero attached hydrogens (tertiary/aromatic N) is 4. The van der Waals surface area contributed by atoms with Crippen LogP contribution in [0, 0.1) is 6.92 Å². The van der Waals surface area contributed by atoms with Gasteiger partial charge in [-0.25, -0.2) is 4.79 Å². The Hall–Kier alpha value is -1.36. The zero-order chi connectivity index (χ0) is 10.8. The second-order valence-corrected chi connectivity index (χ2v) is 4.04. The quantitative estimate of drug-likeness (QED) is 0.620. The predicted octanol–water partition coefficient (Wildman–Crippen LogP) is 0.407. The molecule has 0 atom stereocenters. The van der Waals surface area contributed by atoms with Crippen molar-refractivity contribution in [3.63, 3.8) is 0 Å². The molecular formula is C10H16N4O. The summed E-state index contributed by atoms with van der Waals surface area (Å²) in [6.45, 7) is 5.38. The molecule has 0 N–H and O–H groups in total. The molecule has 15 heavy (non-hydrogen) atoms. The van der Waals surface area contributed by atoms with Gasteiger partial charge in [-0.05, 0) is 19.5 Å². The zero-order valence-corrected chi connectivity index (χ0v) is 9.18. The monoisotopic (exact) mass is 208 g/mol. The van der Waals surface area contributed by atoms with Gasteiger partial charge in [0.15, 0.2) is 0 Å². The Morgan fingerprint density at radius 1 is 1.33 bits per heavy atom. The van der Waals surface area contributed by atoms with Gasteiger partial charge in [-0.2, -0.15) is 9.78 Å². The average molecular weight is 208 g/mol. The van der Waals surface area contributed by atoms with Crippen LogP contribution in [0.25, 0.3) is 0 Å². The first-order valence-electron chi connectivity index (χ1n) is 5.16. The Balaban J connectivity index is 2.02. The van der Waals surface area contributed by atoms with E-state index in [4.69, 9.17) is 0 Å². The molecule has 5 heteroatoms. The molecule has 5 nitrogen and oxygen atoms in total. The smallest absolute Gasteiger partial charge is 0.320 e. The fourth-order valence-corrected chi connectivity index (χ4v) is 1.66. The SMILES string of the molecule is Cc1cnn(C(=O)N2CCN(C)CC2)c1. The number of carbonyl (C=O) groups is 1. The normalized spacial score (nSPS) is 18.1. The molecule has 1 aromatic heterocycles. The van der Waals surface area contributed by atoms with Gasteiger partial charge in [0.1, 0.15) is 0 Å². The summed E-state index contributed by atoms with van der Waals surface area (Å²) in [4.78, 5) is 16.0. The molecule has 1 aromatic rings. The second kappa shape index (κ2) is 4.02. The van der Waals surface area contributed by atoms with E-state index in [2.05, 4.69) is 17.0 Å². The number of hydrogen-bond donors (Lipinski definition) is 0. The van der Waals surface area contributed by atoms with E-state index in [9.17, 15) is 4.79 Å². The van der Waals surface area contributed by atoms with Crippen LogP contribution in [0.4, 0.5) is 4.79 Å². The molecule has 1 fully saturated rings. The average Bonchev–Trinajstić information content (AvgIpc) is 2.65. The fourth-order valence-electron chi connectivity index (χ4n) is 1.66. The molecule has 1 saturated heterocycles. The topological polar surface area (TPSA) is 41.4 Å². The fraction of sp³-hybridized carbons (Fsp3) is 0.600. The summed E-state index contributed by atoms with van der Waals surface area (Å²) in [5.74, 6) is 0. The number of aryl methyl sites for hydroxylation is 1. The van der Waals surface area contributed by atoms with Crippen molar-refractivity contribution in [1.82, 2.24) is 19.6 Å². The van der Waals surface area contributed by atoms with E-state index >= 15 is 0 Å². The third-order valence-electron chi connectivity index (χ3n) is 2.68. The Kier molecular flexibility index (Phi) is 2.73. The molecule has 0 bridgehead atoms. The number of rotatable bonds is 0. The van der Waals surface area contributed by atoms with E-state index in [1.54, 1.807) is 12.4 Å². The summed E-state index contributed by atoms with van der Waals surface area (Å²) in [5, 5.41) is 4.02. The Morgan fingerprint density at radius 3 is 2.53 bits per heavy atom. The van der Waals surface area contributed by atoms with Crippen molar-refractivity contribution in [2.24, 2.45) is 0 Å². The van der Waals surface area contributed by atoms with Crippen LogP contribution >= 0.6 is 0 Å².